The largest absolute Gasteiger partial charge is 0.385 e. The number of aliphatic hydroxyl groups excluding tert-OH is 1. The van der Waals surface area contributed by atoms with Crippen molar-refractivity contribution in [2.24, 2.45) is 7.05 Å². The maximum Gasteiger partial charge on any atom is 0.115 e. The van der Waals surface area contributed by atoms with Crippen molar-refractivity contribution in [1.82, 2.24) is 14.7 Å². The SMILES string of the molecule is CCC(C)(C(O)c1c(Br)cnn1C)N(C)C. The van der Waals surface area contributed by atoms with E-state index in [0.717, 1.165) is 16.6 Å². The third-order valence-electron chi connectivity index (χ3n) is 3.52. The molecule has 1 aromatic heterocycles. The van der Waals surface area contributed by atoms with Crippen molar-refractivity contribution in [2.45, 2.75) is 31.9 Å². The van der Waals surface area contributed by atoms with Crippen LogP contribution in [0.25, 0.3) is 0 Å². The number of aliphatic hydroxyl groups is 1. The summed E-state index contributed by atoms with van der Waals surface area (Å²) in [6.45, 7) is 4.13. The molecule has 0 aliphatic rings. The van der Waals surface area contributed by atoms with Crippen LogP contribution in [0.4, 0.5) is 0 Å². The number of nitrogens with zero attached hydrogens (tertiary/aromatic N) is 3. The van der Waals surface area contributed by atoms with E-state index < -0.39 is 6.10 Å². The Kier molecular flexibility index (Phi) is 4.15. The Morgan fingerprint density at radius 2 is 2.19 bits per heavy atom. The van der Waals surface area contributed by atoms with Crippen LogP contribution in [0.1, 0.15) is 32.1 Å². The summed E-state index contributed by atoms with van der Waals surface area (Å²) in [4.78, 5) is 2.05. The first-order valence-corrected chi connectivity index (χ1v) is 6.16. The van der Waals surface area contributed by atoms with Crippen LogP contribution in [0, 0.1) is 0 Å². The van der Waals surface area contributed by atoms with Crippen molar-refractivity contribution in [3.63, 3.8) is 0 Å². The van der Waals surface area contributed by atoms with E-state index in [1.807, 2.05) is 21.1 Å². The van der Waals surface area contributed by atoms with E-state index in [0.29, 0.717) is 0 Å². The Hall–Kier alpha value is -0.390. The van der Waals surface area contributed by atoms with Crippen LogP contribution in [0.5, 0.6) is 0 Å². The molecule has 0 aliphatic heterocycles. The summed E-state index contributed by atoms with van der Waals surface area (Å²) < 4.78 is 2.57. The number of hydrogen-bond donors (Lipinski definition) is 1. The van der Waals surface area contributed by atoms with Crippen LogP contribution >= 0.6 is 15.9 Å². The summed E-state index contributed by atoms with van der Waals surface area (Å²) in [5.74, 6) is 0. The molecule has 0 bridgehead atoms. The van der Waals surface area contributed by atoms with E-state index in [1.165, 1.54) is 0 Å². The van der Waals surface area contributed by atoms with Gasteiger partial charge in [-0.1, -0.05) is 6.92 Å². The molecule has 0 aromatic carbocycles. The lowest BCUT2D eigenvalue weighted by Crippen LogP contribution is -2.46. The Labute approximate surface area is 105 Å². The minimum Gasteiger partial charge on any atom is -0.385 e. The zero-order valence-corrected chi connectivity index (χ0v) is 12.1. The molecular formula is C11H20BrN3O. The molecular weight excluding hydrogens is 270 g/mol. The smallest absolute Gasteiger partial charge is 0.115 e. The molecule has 0 radical (unpaired) electrons. The van der Waals surface area contributed by atoms with Crippen molar-refractivity contribution in [1.29, 1.82) is 0 Å². The number of halogens is 1. The van der Waals surface area contributed by atoms with Gasteiger partial charge in [-0.3, -0.25) is 4.68 Å². The molecule has 2 unspecified atom stereocenters. The molecule has 1 heterocycles. The lowest BCUT2D eigenvalue weighted by atomic mass is 9.88. The topological polar surface area (TPSA) is 41.3 Å². The Morgan fingerprint density at radius 3 is 2.50 bits per heavy atom. The van der Waals surface area contributed by atoms with E-state index in [2.05, 4.69) is 39.8 Å². The van der Waals surface area contributed by atoms with Crippen LogP contribution in [0.15, 0.2) is 10.7 Å². The highest BCUT2D eigenvalue weighted by atomic mass is 79.9. The summed E-state index contributed by atoms with van der Waals surface area (Å²) in [5, 5.41) is 14.7. The number of rotatable bonds is 4. The lowest BCUT2D eigenvalue weighted by Gasteiger charge is -2.40. The van der Waals surface area contributed by atoms with Gasteiger partial charge in [-0.2, -0.15) is 5.10 Å². The monoisotopic (exact) mass is 289 g/mol. The summed E-state index contributed by atoms with van der Waals surface area (Å²) in [7, 11) is 5.81. The predicted molar refractivity (Wildman–Crippen MR) is 68.3 cm³/mol. The molecule has 0 fully saturated rings. The molecule has 5 heteroatoms. The van der Waals surface area contributed by atoms with Gasteiger partial charge in [0.2, 0.25) is 0 Å². The van der Waals surface area contributed by atoms with Gasteiger partial charge >= 0.3 is 0 Å². The van der Waals surface area contributed by atoms with Gasteiger partial charge in [-0.15, -0.1) is 0 Å². The molecule has 1 N–H and O–H groups in total. The molecule has 92 valence electrons. The van der Waals surface area contributed by atoms with Crippen molar-refractivity contribution >= 4 is 15.9 Å². The molecule has 1 rings (SSSR count). The summed E-state index contributed by atoms with van der Waals surface area (Å²) in [5.41, 5.74) is 0.522. The average molecular weight is 290 g/mol. The van der Waals surface area contributed by atoms with Gasteiger partial charge in [0.05, 0.1) is 16.4 Å². The highest BCUT2D eigenvalue weighted by molar-refractivity contribution is 9.10. The van der Waals surface area contributed by atoms with Gasteiger partial charge in [0.1, 0.15) is 6.10 Å². The second kappa shape index (κ2) is 4.85. The van der Waals surface area contributed by atoms with Crippen LogP contribution in [0.2, 0.25) is 0 Å². The summed E-state index contributed by atoms with van der Waals surface area (Å²) in [6.07, 6.45) is 2.00. The molecule has 0 saturated carbocycles. The zero-order chi connectivity index (χ0) is 12.5. The highest BCUT2D eigenvalue weighted by Gasteiger charge is 2.37. The Morgan fingerprint density at radius 1 is 1.62 bits per heavy atom. The predicted octanol–water partition coefficient (Wildman–Crippen LogP) is 1.95. The van der Waals surface area contributed by atoms with E-state index in [1.54, 1.807) is 10.9 Å². The number of likely N-dealkylation sites (N-methyl/N-ethyl adjacent to an activating group) is 1. The number of hydrogen-bond acceptors (Lipinski definition) is 3. The van der Waals surface area contributed by atoms with Crippen LogP contribution < -0.4 is 0 Å². The fourth-order valence-corrected chi connectivity index (χ4v) is 2.34. The highest BCUT2D eigenvalue weighted by Crippen LogP contribution is 2.35. The fraction of sp³-hybridized carbons (Fsp3) is 0.727. The van der Waals surface area contributed by atoms with E-state index >= 15 is 0 Å². The molecule has 1 aromatic rings. The van der Waals surface area contributed by atoms with Crippen molar-refractivity contribution in [3.05, 3.63) is 16.4 Å². The minimum absolute atomic E-state index is 0.295. The van der Waals surface area contributed by atoms with Gasteiger partial charge in [0.25, 0.3) is 0 Å². The van der Waals surface area contributed by atoms with Gasteiger partial charge in [0.15, 0.2) is 0 Å². The fourth-order valence-electron chi connectivity index (χ4n) is 1.78. The van der Waals surface area contributed by atoms with Crippen molar-refractivity contribution in [3.8, 4) is 0 Å². The first-order chi connectivity index (χ1) is 7.34. The molecule has 4 nitrogen and oxygen atoms in total. The van der Waals surface area contributed by atoms with Crippen LogP contribution in [-0.2, 0) is 7.05 Å². The molecule has 2 atom stereocenters. The van der Waals surface area contributed by atoms with E-state index in [4.69, 9.17) is 0 Å². The molecule has 0 saturated heterocycles. The average Bonchev–Trinajstić information content (AvgIpc) is 2.56. The molecule has 16 heavy (non-hydrogen) atoms. The van der Waals surface area contributed by atoms with Crippen LogP contribution in [0.3, 0.4) is 0 Å². The Balaban J connectivity index is 3.14. The normalized spacial score (nSPS) is 17.5. The van der Waals surface area contributed by atoms with Gasteiger partial charge in [-0.05, 0) is 43.4 Å². The minimum atomic E-state index is -0.575. The maximum absolute atomic E-state index is 10.5. The van der Waals surface area contributed by atoms with Gasteiger partial charge in [-0.25, -0.2) is 0 Å². The third kappa shape index (κ3) is 2.17. The standard InChI is InChI=1S/C11H20BrN3O/c1-6-11(2,14(3)4)10(16)9-8(12)7-13-15(9)5/h7,10,16H,6H2,1-5H3. The lowest BCUT2D eigenvalue weighted by molar-refractivity contribution is -0.00433. The van der Waals surface area contributed by atoms with Crippen molar-refractivity contribution < 1.29 is 5.11 Å². The molecule has 0 amide bonds. The number of aryl methyl sites for hydroxylation is 1. The zero-order valence-electron chi connectivity index (χ0n) is 10.5. The van der Waals surface area contributed by atoms with Crippen LogP contribution in [-0.4, -0.2) is 39.4 Å². The Bertz CT molecular complexity index is 345. The first-order valence-electron chi connectivity index (χ1n) is 5.37. The van der Waals surface area contributed by atoms with Gasteiger partial charge < -0.3 is 10.0 Å². The van der Waals surface area contributed by atoms with E-state index in [9.17, 15) is 5.11 Å². The first kappa shape index (κ1) is 13.7. The molecule has 0 aliphatic carbocycles. The molecule has 0 spiro atoms. The second-order valence-electron chi connectivity index (χ2n) is 4.51. The quantitative estimate of drug-likeness (QED) is 0.921. The third-order valence-corrected chi connectivity index (χ3v) is 4.13. The second-order valence-corrected chi connectivity index (χ2v) is 5.36. The van der Waals surface area contributed by atoms with E-state index in [-0.39, 0.29) is 5.54 Å². The number of aromatic nitrogens is 2. The van der Waals surface area contributed by atoms with Crippen molar-refractivity contribution in [2.75, 3.05) is 14.1 Å². The summed E-state index contributed by atoms with van der Waals surface area (Å²) in [6, 6.07) is 0. The maximum atomic E-state index is 10.5. The van der Waals surface area contributed by atoms with Gasteiger partial charge in [0, 0.05) is 12.6 Å². The summed E-state index contributed by atoms with van der Waals surface area (Å²) >= 11 is 3.43.